The number of rotatable bonds is 7. The van der Waals surface area contributed by atoms with E-state index in [9.17, 15) is 0 Å². The maximum absolute atomic E-state index is 6.30. The van der Waals surface area contributed by atoms with Gasteiger partial charge in [0.15, 0.2) is 6.17 Å². The van der Waals surface area contributed by atoms with Gasteiger partial charge in [-0.3, -0.25) is 0 Å². The van der Waals surface area contributed by atoms with E-state index in [1.807, 2.05) is 24.3 Å². The molecule has 0 aliphatic carbocycles. The highest BCUT2D eigenvalue weighted by Crippen LogP contribution is 2.38. The number of para-hydroxylation sites is 2. The first-order chi connectivity index (χ1) is 15.4. The number of nitrogens with zero attached hydrogens (tertiary/aromatic N) is 2. The van der Waals surface area contributed by atoms with Crippen molar-refractivity contribution in [3.63, 3.8) is 0 Å². The average molecular weight is 411 g/mol. The van der Waals surface area contributed by atoms with E-state index in [0.717, 1.165) is 30.2 Å². The third kappa shape index (κ3) is 4.35. The van der Waals surface area contributed by atoms with Crippen LogP contribution in [0.15, 0.2) is 108 Å². The van der Waals surface area contributed by atoms with E-state index in [1.165, 1.54) is 11.4 Å². The molecule has 3 aromatic carbocycles. The quantitative estimate of drug-likeness (QED) is 0.372. The number of benzene rings is 3. The predicted octanol–water partition coefficient (Wildman–Crippen LogP) is 6.02. The minimum absolute atomic E-state index is 0.00710. The molecule has 0 N–H and O–H groups in total. The van der Waals surface area contributed by atoms with Gasteiger partial charge in [0.2, 0.25) is 0 Å². The van der Waals surface area contributed by atoms with E-state index in [-0.39, 0.29) is 6.17 Å². The van der Waals surface area contributed by atoms with Crippen molar-refractivity contribution in [2.24, 2.45) is 0 Å². The summed E-state index contributed by atoms with van der Waals surface area (Å²) in [6, 6.07) is 35.4. The summed E-state index contributed by atoms with van der Waals surface area (Å²) in [7, 11) is 0. The molecule has 0 saturated carbocycles. The van der Waals surface area contributed by atoms with Gasteiger partial charge in [0.05, 0.1) is 6.61 Å². The zero-order valence-electron chi connectivity index (χ0n) is 17.4. The molecule has 31 heavy (non-hydrogen) atoms. The van der Waals surface area contributed by atoms with Gasteiger partial charge in [-0.1, -0.05) is 66.7 Å². The molecule has 4 heteroatoms. The summed E-state index contributed by atoms with van der Waals surface area (Å²) in [6.45, 7) is 2.90. The van der Waals surface area contributed by atoms with Crippen LogP contribution in [-0.2, 0) is 18.0 Å². The minimum atomic E-state index is 0.00710. The maximum atomic E-state index is 6.30. The Morgan fingerprint density at radius 1 is 0.645 bits per heavy atom. The van der Waals surface area contributed by atoms with Gasteiger partial charge in [0, 0.05) is 24.5 Å². The van der Waals surface area contributed by atoms with E-state index in [0.29, 0.717) is 13.2 Å². The molecule has 0 amide bonds. The highest BCUT2D eigenvalue weighted by Gasteiger charge is 2.35. The monoisotopic (exact) mass is 410 g/mol. The molecule has 156 valence electrons. The Kier molecular flexibility index (Phi) is 5.72. The highest BCUT2D eigenvalue weighted by molar-refractivity contribution is 5.58. The largest absolute Gasteiger partial charge is 0.459 e. The third-order valence-corrected chi connectivity index (χ3v) is 5.64. The fraction of sp³-hybridized carbons (Fsp3) is 0.185. The number of furan rings is 1. The Bertz CT molecular complexity index is 1030. The van der Waals surface area contributed by atoms with Crippen molar-refractivity contribution in [2.75, 3.05) is 22.9 Å². The predicted molar refractivity (Wildman–Crippen MR) is 124 cm³/mol. The number of hydrogen-bond donors (Lipinski definition) is 0. The number of ether oxygens (including phenoxy) is 1. The van der Waals surface area contributed by atoms with Crippen molar-refractivity contribution in [3.8, 4) is 0 Å². The summed E-state index contributed by atoms with van der Waals surface area (Å²) < 4.78 is 12.2. The van der Waals surface area contributed by atoms with Crippen molar-refractivity contribution < 1.29 is 9.15 Å². The number of anilines is 2. The second-order valence-corrected chi connectivity index (χ2v) is 7.71. The van der Waals surface area contributed by atoms with Gasteiger partial charge in [-0.15, -0.1) is 0 Å². The molecule has 1 fully saturated rings. The van der Waals surface area contributed by atoms with Crippen LogP contribution < -0.4 is 9.80 Å². The van der Waals surface area contributed by atoms with Crippen LogP contribution in [0.1, 0.15) is 23.2 Å². The molecule has 0 unspecified atom stereocenters. The summed E-state index contributed by atoms with van der Waals surface area (Å²) in [4.78, 5) is 4.81. The molecule has 0 radical (unpaired) electrons. The smallest absolute Gasteiger partial charge is 0.162 e. The molecular weight excluding hydrogens is 384 g/mol. The van der Waals surface area contributed by atoms with Crippen molar-refractivity contribution in [1.82, 2.24) is 0 Å². The highest BCUT2D eigenvalue weighted by atomic mass is 16.5. The zero-order chi connectivity index (χ0) is 20.9. The lowest BCUT2D eigenvalue weighted by Crippen LogP contribution is -2.30. The molecule has 1 aliphatic rings. The van der Waals surface area contributed by atoms with Crippen LogP contribution in [0.2, 0.25) is 0 Å². The van der Waals surface area contributed by atoms with Crippen molar-refractivity contribution in [3.05, 3.63) is 120 Å². The topological polar surface area (TPSA) is 28.9 Å². The molecule has 5 rings (SSSR count). The van der Waals surface area contributed by atoms with E-state index in [2.05, 4.69) is 88.7 Å². The van der Waals surface area contributed by atoms with Crippen LogP contribution in [-0.4, -0.2) is 13.1 Å². The zero-order valence-corrected chi connectivity index (χ0v) is 17.4. The van der Waals surface area contributed by atoms with Gasteiger partial charge in [-0.25, -0.2) is 0 Å². The second-order valence-electron chi connectivity index (χ2n) is 7.71. The van der Waals surface area contributed by atoms with Crippen LogP contribution in [0, 0.1) is 0 Å². The third-order valence-electron chi connectivity index (χ3n) is 5.64. The minimum Gasteiger partial charge on any atom is -0.459 e. The van der Waals surface area contributed by atoms with Gasteiger partial charge in [0.1, 0.15) is 18.1 Å². The van der Waals surface area contributed by atoms with Crippen LogP contribution >= 0.6 is 0 Å². The lowest BCUT2D eigenvalue weighted by molar-refractivity contribution is 0.0917. The maximum Gasteiger partial charge on any atom is 0.162 e. The SMILES string of the molecule is c1ccc(COCc2ccc(C3N(c4ccccc4)CCN3c3ccccc3)o2)cc1. The molecule has 2 heterocycles. The standard InChI is InChI=1S/C27H26N2O2/c1-4-10-22(11-5-1)20-30-21-25-16-17-26(31-25)27-28(23-12-6-2-7-13-23)18-19-29(27)24-14-8-3-9-15-24/h1-17,27H,18-21H2. The summed E-state index contributed by atoms with van der Waals surface area (Å²) in [5.41, 5.74) is 3.56. The van der Waals surface area contributed by atoms with Crippen LogP contribution in [0.4, 0.5) is 11.4 Å². The Morgan fingerprint density at radius 3 is 1.77 bits per heavy atom. The summed E-state index contributed by atoms with van der Waals surface area (Å²) in [6.07, 6.45) is 0.00710. The van der Waals surface area contributed by atoms with Crippen LogP contribution in [0.5, 0.6) is 0 Å². The number of hydrogen-bond acceptors (Lipinski definition) is 4. The molecule has 0 atom stereocenters. The van der Waals surface area contributed by atoms with Gasteiger partial charge in [-0.05, 0) is 42.0 Å². The van der Waals surface area contributed by atoms with E-state index in [4.69, 9.17) is 9.15 Å². The van der Waals surface area contributed by atoms with Crippen LogP contribution in [0.25, 0.3) is 0 Å². The first-order valence-corrected chi connectivity index (χ1v) is 10.7. The Hall–Kier alpha value is -3.50. The lowest BCUT2D eigenvalue weighted by Gasteiger charge is -2.31. The van der Waals surface area contributed by atoms with Gasteiger partial charge in [0.25, 0.3) is 0 Å². The average Bonchev–Trinajstić information content (AvgIpc) is 3.48. The normalized spacial score (nSPS) is 14.3. The Morgan fingerprint density at radius 2 is 1.19 bits per heavy atom. The molecule has 4 nitrogen and oxygen atoms in total. The molecule has 0 bridgehead atoms. The fourth-order valence-electron chi connectivity index (χ4n) is 4.17. The summed E-state index contributed by atoms with van der Waals surface area (Å²) in [5.74, 6) is 1.78. The van der Waals surface area contributed by atoms with Crippen molar-refractivity contribution >= 4 is 11.4 Å². The van der Waals surface area contributed by atoms with Crippen molar-refractivity contribution in [1.29, 1.82) is 0 Å². The fourth-order valence-corrected chi connectivity index (χ4v) is 4.17. The molecule has 1 aromatic heterocycles. The van der Waals surface area contributed by atoms with E-state index >= 15 is 0 Å². The first kappa shape index (κ1) is 19.5. The second kappa shape index (κ2) is 9.11. The first-order valence-electron chi connectivity index (χ1n) is 10.7. The Balaban J connectivity index is 1.37. The summed E-state index contributed by atoms with van der Waals surface area (Å²) in [5, 5.41) is 0. The van der Waals surface area contributed by atoms with E-state index < -0.39 is 0 Å². The van der Waals surface area contributed by atoms with Gasteiger partial charge < -0.3 is 19.0 Å². The van der Waals surface area contributed by atoms with Crippen LogP contribution in [0.3, 0.4) is 0 Å². The molecule has 1 saturated heterocycles. The van der Waals surface area contributed by atoms with Gasteiger partial charge >= 0.3 is 0 Å². The lowest BCUT2D eigenvalue weighted by atomic mass is 10.2. The van der Waals surface area contributed by atoms with Crippen molar-refractivity contribution in [2.45, 2.75) is 19.4 Å². The van der Waals surface area contributed by atoms with Gasteiger partial charge in [-0.2, -0.15) is 0 Å². The molecule has 4 aromatic rings. The summed E-state index contributed by atoms with van der Waals surface area (Å²) >= 11 is 0. The molecular formula is C27H26N2O2. The Labute approximate surface area is 183 Å². The molecule has 1 aliphatic heterocycles. The molecule has 0 spiro atoms. The van der Waals surface area contributed by atoms with E-state index in [1.54, 1.807) is 0 Å².